The van der Waals surface area contributed by atoms with Crippen molar-refractivity contribution in [2.75, 3.05) is 39.3 Å². The number of sulfonamides is 1. The first-order chi connectivity index (χ1) is 12.5. The highest BCUT2D eigenvalue weighted by molar-refractivity contribution is 7.91. The summed E-state index contributed by atoms with van der Waals surface area (Å²) in [5, 5.41) is 1.81. The lowest BCUT2D eigenvalue weighted by Crippen LogP contribution is -2.58. The Bertz CT molecular complexity index is 684. The van der Waals surface area contributed by atoms with E-state index in [1.807, 2.05) is 5.38 Å². The second kappa shape index (κ2) is 7.87. The minimum absolute atomic E-state index is 0.362. The maximum absolute atomic E-state index is 12.4. The molecule has 1 aromatic heterocycles. The van der Waals surface area contributed by atoms with Crippen LogP contribution in [0.3, 0.4) is 0 Å². The molecule has 26 heavy (non-hydrogen) atoms. The van der Waals surface area contributed by atoms with Crippen molar-refractivity contribution in [2.45, 2.75) is 42.9 Å². The molecule has 1 unspecified atom stereocenters. The predicted molar refractivity (Wildman–Crippen MR) is 106 cm³/mol. The number of thiophene rings is 1. The van der Waals surface area contributed by atoms with E-state index in [1.165, 1.54) is 50.2 Å². The summed E-state index contributed by atoms with van der Waals surface area (Å²) in [7, 11) is -3.34. The lowest BCUT2D eigenvalue weighted by Gasteiger charge is -2.51. The number of fused-ring (bicyclic) bond motifs is 3. The summed E-state index contributed by atoms with van der Waals surface area (Å²) in [4.78, 5) is 5.20. The van der Waals surface area contributed by atoms with Gasteiger partial charge in [0.2, 0.25) is 10.0 Å². The largest absolute Gasteiger partial charge is 0.303 e. The molecule has 4 saturated heterocycles. The van der Waals surface area contributed by atoms with Crippen molar-refractivity contribution in [1.82, 2.24) is 14.5 Å². The molecule has 5 rings (SSSR count). The molecule has 4 aliphatic heterocycles. The first-order valence-electron chi connectivity index (χ1n) is 10.0. The molecule has 5 nitrogen and oxygen atoms in total. The number of nitrogens with zero attached hydrogens (tertiary/aromatic N) is 2. The molecule has 0 saturated carbocycles. The Labute approximate surface area is 161 Å². The van der Waals surface area contributed by atoms with Crippen LogP contribution in [0.1, 0.15) is 32.6 Å². The summed E-state index contributed by atoms with van der Waals surface area (Å²) in [6.45, 7) is 8.94. The van der Waals surface area contributed by atoms with Gasteiger partial charge in [0.25, 0.3) is 0 Å². The van der Waals surface area contributed by atoms with Gasteiger partial charge in [-0.15, -0.1) is 11.3 Å². The van der Waals surface area contributed by atoms with E-state index in [-0.39, 0.29) is 0 Å². The van der Waals surface area contributed by atoms with Crippen molar-refractivity contribution < 1.29 is 8.42 Å². The molecule has 2 bridgehead atoms. The maximum Gasteiger partial charge on any atom is 0.250 e. The lowest BCUT2D eigenvalue weighted by molar-refractivity contribution is -0.0136. The average Bonchev–Trinajstić information content (AvgIpc) is 3.19. The summed E-state index contributed by atoms with van der Waals surface area (Å²) < 4.78 is 28.0. The van der Waals surface area contributed by atoms with E-state index in [1.54, 1.807) is 12.1 Å². The van der Waals surface area contributed by atoms with Crippen molar-refractivity contribution >= 4 is 21.4 Å². The zero-order valence-electron chi connectivity index (χ0n) is 15.6. The Kier molecular flexibility index (Phi) is 5.72. The van der Waals surface area contributed by atoms with Gasteiger partial charge in [-0.25, -0.2) is 13.1 Å². The van der Waals surface area contributed by atoms with Crippen LogP contribution in [0, 0.1) is 17.8 Å². The summed E-state index contributed by atoms with van der Waals surface area (Å²) in [5.74, 6) is 2.41. The zero-order chi connectivity index (χ0) is 18.1. The van der Waals surface area contributed by atoms with Crippen molar-refractivity contribution in [3.05, 3.63) is 17.5 Å². The molecule has 1 N–H and O–H groups in total. The van der Waals surface area contributed by atoms with E-state index in [9.17, 15) is 8.42 Å². The normalized spacial score (nSPS) is 33.6. The molecule has 0 amide bonds. The molecule has 0 aliphatic carbocycles. The predicted octanol–water partition coefficient (Wildman–Crippen LogP) is 2.47. The first-order valence-corrected chi connectivity index (χ1v) is 12.4. The number of nitrogens with one attached hydrogen (secondary N) is 1. The molecule has 146 valence electrons. The number of piperidine rings is 4. The van der Waals surface area contributed by atoms with Gasteiger partial charge < -0.3 is 4.90 Å². The second-order valence-electron chi connectivity index (χ2n) is 8.46. The number of hydrogen-bond donors (Lipinski definition) is 1. The fraction of sp³-hybridized carbons (Fsp3) is 0.789. The Morgan fingerprint density at radius 1 is 1.23 bits per heavy atom. The molecule has 0 aromatic carbocycles. The van der Waals surface area contributed by atoms with Crippen LogP contribution in [-0.2, 0) is 10.0 Å². The zero-order valence-corrected chi connectivity index (χ0v) is 17.3. The van der Waals surface area contributed by atoms with Gasteiger partial charge >= 0.3 is 0 Å². The van der Waals surface area contributed by atoms with Crippen molar-refractivity contribution in [3.8, 4) is 0 Å². The van der Waals surface area contributed by atoms with E-state index in [0.29, 0.717) is 16.8 Å². The van der Waals surface area contributed by atoms with Gasteiger partial charge in [-0.1, -0.05) is 13.0 Å². The van der Waals surface area contributed by atoms with Crippen LogP contribution < -0.4 is 4.72 Å². The van der Waals surface area contributed by atoms with Crippen molar-refractivity contribution in [3.63, 3.8) is 0 Å². The highest BCUT2D eigenvalue weighted by Gasteiger charge is 2.41. The maximum atomic E-state index is 12.4. The minimum Gasteiger partial charge on any atom is -0.303 e. The molecule has 4 atom stereocenters. The Morgan fingerprint density at radius 3 is 2.69 bits per heavy atom. The van der Waals surface area contributed by atoms with E-state index in [4.69, 9.17) is 0 Å². The van der Waals surface area contributed by atoms with Gasteiger partial charge in [-0.05, 0) is 74.5 Å². The summed E-state index contributed by atoms with van der Waals surface area (Å²) >= 11 is 1.28. The van der Waals surface area contributed by atoms with Crippen LogP contribution in [0.4, 0.5) is 0 Å². The molecule has 4 fully saturated rings. The van der Waals surface area contributed by atoms with E-state index in [2.05, 4.69) is 21.4 Å². The van der Waals surface area contributed by atoms with Crippen LogP contribution in [-0.4, -0.2) is 63.5 Å². The molecule has 1 aromatic rings. The molecule has 5 heterocycles. The number of rotatable bonds is 6. The number of hydrogen-bond acceptors (Lipinski definition) is 5. The van der Waals surface area contributed by atoms with Gasteiger partial charge in [-0.2, -0.15) is 0 Å². The quantitative estimate of drug-likeness (QED) is 0.801. The van der Waals surface area contributed by atoms with Gasteiger partial charge in [0.1, 0.15) is 4.21 Å². The number of likely N-dealkylation sites (tertiary alicyclic amines) is 1. The molecule has 0 radical (unpaired) electrons. The third kappa shape index (κ3) is 4.17. The van der Waals surface area contributed by atoms with Crippen LogP contribution >= 0.6 is 11.3 Å². The smallest absolute Gasteiger partial charge is 0.250 e. The monoisotopic (exact) mass is 397 g/mol. The third-order valence-electron chi connectivity index (χ3n) is 6.65. The SMILES string of the molecule is CC1CCN(C[C@H]2CN3CC[C@H]2C[C@@H]3CNS(=O)(=O)c2cccs2)CC1. The molecule has 0 spiro atoms. The topological polar surface area (TPSA) is 52.6 Å². The summed E-state index contributed by atoms with van der Waals surface area (Å²) in [6, 6.07) is 3.83. The summed E-state index contributed by atoms with van der Waals surface area (Å²) in [6.07, 6.45) is 5.10. The molecular formula is C19H31N3O2S2. The highest BCUT2D eigenvalue weighted by Crippen LogP contribution is 2.37. The van der Waals surface area contributed by atoms with E-state index >= 15 is 0 Å². The standard InChI is InChI=1S/C19H31N3O2S2/c1-15-4-7-21(8-5-15)13-17-14-22-9-6-16(17)11-18(22)12-20-26(23,24)19-3-2-10-25-19/h2-3,10,15-18,20H,4-9,11-14H2,1H3/t16-,17-,18+/m0/s1. The minimum atomic E-state index is -3.34. The molecule has 4 aliphatic rings. The van der Waals surface area contributed by atoms with Gasteiger partial charge in [-0.3, -0.25) is 4.90 Å². The lowest BCUT2D eigenvalue weighted by atomic mass is 9.75. The van der Waals surface area contributed by atoms with Crippen molar-refractivity contribution in [1.29, 1.82) is 0 Å². The molecular weight excluding hydrogens is 366 g/mol. The van der Waals surface area contributed by atoms with Crippen LogP contribution in [0.2, 0.25) is 0 Å². The fourth-order valence-electron chi connectivity index (χ4n) is 4.94. The average molecular weight is 398 g/mol. The first kappa shape index (κ1) is 18.9. The van der Waals surface area contributed by atoms with Crippen LogP contribution in [0.15, 0.2) is 21.7 Å². The fourth-order valence-corrected chi connectivity index (χ4v) is 7.05. The van der Waals surface area contributed by atoms with E-state index in [0.717, 1.165) is 37.3 Å². The van der Waals surface area contributed by atoms with Crippen LogP contribution in [0.5, 0.6) is 0 Å². The van der Waals surface area contributed by atoms with Gasteiger partial charge in [0.05, 0.1) is 0 Å². The highest BCUT2D eigenvalue weighted by atomic mass is 32.2. The molecule has 7 heteroatoms. The van der Waals surface area contributed by atoms with E-state index < -0.39 is 10.0 Å². The second-order valence-corrected chi connectivity index (χ2v) is 11.4. The van der Waals surface area contributed by atoms with Crippen molar-refractivity contribution in [2.24, 2.45) is 17.8 Å². The van der Waals surface area contributed by atoms with Crippen LogP contribution in [0.25, 0.3) is 0 Å². The Hall–Kier alpha value is -0.470. The third-order valence-corrected chi connectivity index (χ3v) is 9.47. The Morgan fingerprint density at radius 2 is 2.04 bits per heavy atom. The van der Waals surface area contributed by atoms with Gasteiger partial charge in [0, 0.05) is 25.7 Å². The Balaban J connectivity index is 1.30. The summed E-state index contributed by atoms with van der Waals surface area (Å²) in [5.41, 5.74) is 0. The van der Waals surface area contributed by atoms with Gasteiger partial charge in [0.15, 0.2) is 0 Å².